The minimum absolute atomic E-state index is 0.0550. The smallest absolute Gasteiger partial charge is 0.263 e. The lowest BCUT2D eigenvalue weighted by molar-refractivity contribution is 0.218. The summed E-state index contributed by atoms with van der Waals surface area (Å²) in [6.45, 7) is 7.57. The predicted octanol–water partition coefficient (Wildman–Crippen LogP) is 4.92. The van der Waals surface area contributed by atoms with Crippen molar-refractivity contribution in [3.05, 3.63) is 56.7 Å². The Hall–Kier alpha value is -2.18. The van der Waals surface area contributed by atoms with Gasteiger partial charge in [-0.15, -0.1) is 11.3 Å². The number of nitrogen functional groups attached to an aromatic ring is 1. The van der Waals surface area contributed by atoms with Crippen LogP contribution in [0.4, 0.5) is 5.95 Å². The van der Waals surface area contributed by atoms with Crippen LogP contribution in [-0.4, -0.2) is 9.55 Å². The Labute approximate surface area is 182 Å². The highest BCUT2D eigenvalue weighted by molar-refractivity contribution is 7.18. The third kappa shape index (κ3) is 4.16. The summed E-state index contributed by atoms with van der Waals surface area (Å²) >= 11 is 1.68. The van der Waals surface area contributed by atoms with E-state index < -0.39 is 0 Å². The largest absolute Gasteiger partial charge is 0.294 e. The summed E-state index contributed by atoms with van der Waals surface area (Å²) < 4.78 is 1.73. The van der Waals surface area contributed by atoms with Crippen molar-refractivity contribution < 1.29 is 0 Å². The standard InChI is InChI=1S/C24H32N4OS/c1-24(2,3)17-12-13-18-19(15-17)30-21-20(18)22(29)28(23(26-21)27-25)14-8-7-11-16-9-5-4-6-10-16/h4-6,9-10,17H,7-8,11-15,25H2,1-3H3,(H,26,27). The van der Waals surface area contributed by atoms with Crippen LogP contribution in [0.5, 0.6) is 0 Å². The molecule has 1 unspecified atom stereocenters. The van der Waals surface area contributed by atoms with Gasteiger partial charge in [0.1, 0.15) is 4.83 Å². The van der Waals surface area contributed by atoms with Crippen molar-refractivity contribution in [2.45, 2.75) is 65.8 Å². The van der Waals surface area contributed by atoms with E-state index >= 15 is 0 Å². The molecule has 30 heavy (non-hydrogen) atoms. The first-order valence-corrected chi connectivity index (χ1v) is 11.8. The van der Waals surface area contributed by atoms with E-state index in [2.05, 4.69) is 50.5 Å². The van der Waals surface area contributed by atoms with Gasteiger partial charge < -0.3 is 0 Å². The number of rotatable bonds is 6. The molecule has 3 N–H and O–H groups in total. The van der Waals surface area contributed by atoms with Crippen LogP contribution in [0.15, 0.2) is 35.1 Å². The number of unbranched alkanes of at least 4 members (excludes halogenated alkanes) is 1. The third-order valence-electron chi connectivity index (χ3n) is 6.46. The normalized spacial score (nSPS) is 16.6. The molecule has 1 atom stereocenters. The number of anilines is 1. The molecule has 0 aliphatic heterocycles. The van der Waals surface area contributed by atoms with E-state index in [0.717, 1.165) is 48.7 Å². The molecule has 3 aromatic rings. The van der Waals surface area contributed by atoms with Crippen LogP contribution in [0, 0.1) is 11.3 Å². The Balaban J connectivity index is 1.58. The van der Waals surface area contributed by atoms with Crippen LogP contribution >= 0.6 is 11.3 Å². The zero-order valence-corrected chi connectivity index (χ0v) is 19.0. The lowest BCUT2D eigenvalue weighted by atomic mass is 9.72. The minimum Gasteiger partial charge on any atom is -0.294 e. The number of nitrogens with zero attached hydrogens (tertiary/aromatic N) is 2. The van der Waals surface area contributed by atoms with Gasteiger partial charge in [-0.2, -0.15) is 0 Å². The van der Waals surface area contributed by atoms with Gasteiger partial charge in [0.05, 0.1) is 5.39 Å². The van der Waals surface area contributed by atoms with Gasteiger partial charge in [-0.3, -0.25) is 14.8 Å². The lowest BCUT2D eigenvalue weighted by Crippen LogP contribution is -2.29. The van der Waals surface area contributed by atoms with Crippen LogP contribution in [0.3, 0.4) is 0 Å². The summed E-state index contributed by atoms with van der Waals surface area (Å²) in [6.07, 6.45) is 6.09. The molecule has 4 rings (SSSR count). The van der Waals surface area contributed by atoms with E-state index in [0.29, 0.717) is 18.4 Å². The Morgan fingerprint density at radius 1 is 1.23 bits per heavy atom. The second-order valence-corrected chi connectivity index (χ2v) is 10.6. The van der Waals surface area contributed by atoms with Gasteiger partial charge in [0.25, 0.3) is 5.56 Å². The number of benzene rings is 1. The Kier molecular flexibility index (Phi) is 5.98. The SMILES string of the molecule is CC(C)(C)C1CCc2c(sc3nc(NN)n(CCCCc4ccccc4)c(=O)c23)C1. The highest BCUT2D eigenvalue weighted by Crippen LogP contribution is 2.42. The van der Waals surface area contributed by atoms with Gasteiger partial charge in [-0.05, 0) is 61.0 Å². The Morgan fingerprint density at radius 2 is 2.00 bits per heavy atom. The topological polar surface area (TPSA) is 72.9 Å². The zero-order valence-electron chi connectivity index (χ0n) is 18.2. The minimum atomic E-state index is 0.0550. The van der Waals surface area contributed by atoms with E-state index in [1.807, 2.05) is 6.07 Å². The van der Waals surface area contributed by atoms with Crippen molar-refractivity contribution >= 4 is 27.5 Å². The maximum absolute atomic E-state index is 13.4. The quantitative estimate of drug-likeness (QED) is 0.335. The van der Waals surface area contributed by atoms with Crippen LogP contribution in [0.2, 0.25) is 0 Å². The molecule has 1 aliphatic rings. The molecule has 0 saturated carbocycles. The summed E-state index contributed by atoms with van der Waals surface area (Å²) in [6, 6.07) is 10.5. The monoisotopic (exact) mass is 424 g/mol. The molecule has 0 fully saturated rings. The summed E-state index contributed by atoms with van der Waals surface area (Å²) in [5, 5.41) is 0.824. The van der Waals surface area contributed by atoms with Crippen molar-refractivity contribution in [1.29, 1.82) is 0 Å². The molecule has 2 heterocycles. The molecule has 6 heteroatoms. The number of hydrazine groups is 1. The van der Waals surface area contributed by atoms with Crippen LogP contribution in [-0.2, 0) is 25.8 Å². The lowest BCUT2D eigenvalue weighted by Gasteiger charge is -2.33. The first kappa shape index (κ1) is 21.1. The average molecular weight is 425 g/mol. The maximum atomic E-state index is 13.4. The molecule has 1 aliphatic carbocycles. The van der Waals surface area contributed by atoms with Crippen LogP contribution in [0.25, 0.3) is 10.2 Å². The molecule has 0 bridgehead atoms. The summed E-state index contributed by atoms with van der Waals surface area (Å²) in [5.74, 6) is 6.85. The summed E-state index contributed by atoms with van der Waals surface area (Å²) in [5.41, 5.74) is 5.56. The maximum Gasteiger partial charge on any atom is 0.263 e. The average Bonchev–Trinajstić information content (AvgIpc) is 3.10. The number of fused-ring (bicyclic) bond motifs is 3. The molecule has 0 amide bonds. The molecule has 160 valence electrons. The molecular formula is C24H32N4OS. The fraction of sp³-hybridized carbons (Fsp3) is 0.500. The van der Waals surface area contributed by atoms with Gasteiger partial charge in [-0.25, -0.2) is 10.8 Å². The van der Waals surface area contributed by atoms with Gasteiger partial charge in [0.15, 0.2) is 0 Å². The first-order valence-electron chi connectivity index (χ1n) is 10.9. The highest BCUT2D eigenvalue weighted by atomic mass is 32.1. The fourth-order valence-corrected chi connectivity index (χ4v) is 5.85. The number of aromatic nitrogens is 2. The number of nitrogens with one attached hydrogen (secondary N) is 1. The van der Waals surface area contributed by atoms with Crippen LogP contribution < -0.4 is 16.8 Å². The van der Waals surface area contributed by atoms with Crippen molar-refractivity contribution in [1.82, 2.24) is 9.55 Å². The molecular weight excluding hydrogens is 392 g/mol. The van der Waals surface area contributed by atoms with Gasteiger partial charge in [-0.1, -0.05) is 51.1 Å². The van der Waals surface area contributed by atoms with Crippen LogP contribution in [0.1, 0.15) is 56.0 Å². The number of nitrogens with two attached hydrogens (primary N) is 1. The van der Waals surface area contributed by atoms with Gasteiger partial charge >= 0.3 is 0 Å². The Morgan fingerprint density at radius 3 is 2.70 bits per heavy atom. The van der Waals surface area contributed by atoms with Crippen molar-refractivity contribution in [2.24, 2.45) is 17.2 Å². The predicted molar refractivity (Wildman–Crippen MR) is 126 cm³/mol. The van der Waals surface area contributed by atoms with E-state index in [-0.39, 0.29) is 11.0 Å². The zero-order chi connectivity index (χ0) is 21.3. The highest BCUT2D eigenvalue weighted by Gasteiger charge is 2.32. The number of thiophene rings is 1. The van der Waals surface area contributed by atoms with Gasteiger partial charge in [0, 0.05) is 11.4 Å². The number of aryl methyl sites for hydroxylation is 2. The second-order valence-electron chi connectivity index (χ2n) is 9.47. The first-order chi connectivity index (χ1) is 14.4. The molecule has 2 aromatic heterocycles. The molecule has 0 spiro atoms. The molecule has 0 radical (unpaired) electrons. The molecule has 5 nitrogen and oxygen atoms in total. The third-order valence-corrected chi connectivity index (χ3v) is 7.61. The van der Waals surface area contributed by atoms with E-state index in [9.17, 15) is 4.79 Å². The van der Waals surface area contributed by atoms with E-state index in [1.54, 1.807) is 15.9 Å². The van der Waals surface area contributed by atoms with Crippen molar-refractivity contribution in [2.75, 3.05) is 5.43 Å². The van der Waals surface area contributed by atoms with Gasteiger partial charge in [0.2, 0.25) is 5.95 Å². The Bertz CT molecular complexity index is 1080. The fourth-order valence-electron chi connectivity index (χ4n) is 4.56. The molecule has 0 saturated heterocycles. The summed E-state index contributed by atoms with van der Waals surface area (Å²) in [4.78, 5) is 20.3. The van der Waals surface area contributed by atoms with E-state index in [4.69, 9.17) is 10.8 Å². The van der Waals surface area contributed by atoms with Crippen molar-refractivity contribution in [3.8, 4) is 0 Å². The van der Waals surface area contributed by atoms with Crippen molar-refractivity contribution in [3.63, 3.8) is 0 Å². The summed E-state index contributed by atoms with van der Waals surface area (Å²) in [7, 11) is 0. The van der Waals surface area contributed by atoms with E-state index in [1.165, 1.54) is 16.0 Å². The second kappa shape index (κ2) is 8.52. The molecule has 1 aromatic carbocycles. The number of hydrogen-bond acceptors (Lipinski definition) is 5. The number of hydrogen-bond donors (Lipinski definition) is 2.